The van der Waals surface area contributed by atoms with Crippen molar-refractivity contribution in [3.8, 4) is 0 Å². The molecule has 126 valence electrons. The lowest BCUT2D eigenvalue weighted by Gasteiger charge is -2.42. The van der Waals surface area contributed by atoms with Crippen molar-refractivity contribution >= 4 is 5.91 Å². The van der Waals surface area contributed by atoms with Gasteiger partial charge in [0.15, 0.2) is 0 Å². The summed E-state index contributed by atoms with van der Waals surface area (Å²) in [5.41, 5.74) is 0. The van der Waals surface area contributed by atoms with Gasteiger partial charge in [0.05, 0.1) is 0 Å². The van der Waals surface area contributed by atoms with Gasteiger partial charge in [0.25, 0.3) is 0 Å². The molecule has 2 nitrogen and oxygen atoms in total. The second-order valence-electron chi connectivity index (χ2n) is 8.07. The number of hydrogen-bond donors (Lipinski definition) is 0. The van der Waals surface area contributed by atoms with Crippen LogP contribution in [0, 0.1) is 5.92 Å². The van der Waals surface area contributed by atoms with Crippen molar-refractivity contribution in [2.24, 2.45) is 5.92 Å². The molecular weight excluding hydrogens is 270 g/mol. The third-order valence-corrected chi connectivity index (χ3v) is 6.47. The van der Waals surface area contributed by atoms with E-state index in [1.165, 1.54) is 89.9 Å². The van der Waals surface area contributed by atoms with Gasteiger partial charge in [-0.05, 0) is 38.0 Å². The van der Waals surface area contributed by atoms with Crippen LogP contribution in [-0.4, -0.2) is 22.9 Å². The fourth-order valence-corrected chi connectivity index (χ4v) is 5.18. The van der Waals surface area contributed by atoms with E-state index in [9.17, 15) is 4.79 Å². The van der Waals surface area contributed by atoms with Gasteiger partial charge < -0.3 is 4.90 Å². The van der Waals surface area contributed by atoms with Crippen LogP contribution in [0.3, 0.4) is 0 Å². The number of carbonyl (C=O) groups is 1. The fraction of sp³-hybridized carbons (Fsp3) is 0.950. The standard InChI is InChI=1S/C20H35NO/c22-20(16-15-17-9-7-8-10-17)21(18-11-3-1-4-12-18)19-13-5-2-6-14-19/h17-19H,1-16H2. The van der Waals surface area contributed by atoms with Crippen LogP contribution in [0.1, 0.15) is 103 Å². The molecule has 0 radical (unpaired) electrons. The Hall–Kier alpha value is -0.530. The molecule has 0 atom stereocenters. The Morgan fingerprint density at radius 2 is 1.14 bits per heavy atom. The van der Waals surface area contributed by atoms with Crippen LogP contribution in [0.2, 0.25) is 0 Å². The van der Waals surface area contributed by atoms with Crippen LogP contribution in [-0.2, 0) is 4.79 Å². The third kappa shape index (κ3) is 4.26. The molecule has 0 spiro atoms. The number of hydrogen-bond acceptors (Lipinski definition) is 1. The van der Waals surface area contributed by atoms with Gasteiger partial charge >= 0.3 is 0 Å². The lowest BCUT2D eigenvalue weighted by Crippen LogP contribution is -2.48. The summed E-state index contributed by atoms with van der Waals surface area (Å²) >= 11 is 0. The van der Waals surface area contributed by atoms with Gasteiger partial charge in [-0.3, -0.25) is 4.79 Å². The zero-order chi connectivity index (χ0) is 15.2. The molecule has 3 aliphatic rings. The van der Waals surface area contributed by atoms with E-state index in [0.717, 1.165) is 18.8 Å². The van der Waals surface area contributed by atoms with Crippen molar-refractivity contribution in [2.75, 3.05) is 0 Å². The van der Waals surface area contributed by atoms with Crippen LogP contribution in [0.15, 0.2) is 0 Å². The summed E-state index contributed by atoms with van der Waals surface area (Å²) in [5.74, 6) is 1.36. The van der Waals surface area contributed by atoms with Crippen molar-refractivity contribution in [3.05, 3.63) is 0 Å². The molecule has 0 N–H and O–H groups in total. The van der Waals surface area contributed by atoms with Gasteiger partial charge in [0, 0.05) is 18.5 Å². The minimum Gasteiger partial charge on any atom is -0.337 e. The summed E-state index contributed by atoms with van der Waals surface area (Å²) in [6, 6.07) is 1.15. The summed E-state index contributed by atoms with van der Waals surface area (Å²) in [6.07, 6.45) is 20.7. The molecule has 3 rings (SSSR count). The lowest BCUT2D eigenvalue weighted by molar-refractivity contribution is -0.138. The summed E-state index contributed by atoms with van der Waals surface area (Å²) in [4.78, 5) is 15.4. The van der Waals surface area contributed by atoms with Crippen LogP contribution in [0.4, 0.5) is 0 Å². The predicted octanol–water partition coefficient (Wildman–Crippen LogP) is 5.45. The second-order valence-corrected chi connectivity index (χ2v) is 8.07. The predicted molar refractivity (Wildman–Crippen MR) is 91.8 cm³/mol. The van der Waals surface area contributed by atoms with E-state index in [0.29, 0.717) is 18.0 Å². The van der Waals surface area contributed by atoms with Crippen molar-refractivity contribution in [2.45, 2.75) is 115 Å². The molecule has 3 aliphatic carbocycles. The zero-order valence-corrected chi connectivity index (χ0v) is 14.4. The average molecular weight is 306 g/mol. The molecule has 3 fully saturated rings. The van der Waals surface area contributed by atoms with Crippen molar-refractivity contribution < 1.29 is 4.79 Å². The highest BCUT2D eigenvalue weighted by Gasteiger charge is 2.32. The molecule has 2 heteroatoms. The van der Waals surface area contributed by atoms with Gasteiger partial charge in [-0.15, -0.1) is 0 Å². The summed E-state index contributed by atoms with van der Waals surface area (Å²) in [7, 11) is 0. The Balaban J connectivity index is 1.59. The first-order chi connectivity index (χ1) is 10.8. The average Bonchev–Trinajstić information content (AvgIpc) is 3.09. The molecule has 0 aromatic carbocycles. The largest absolute Gasteiger partial charge is 0.337 e. The lowest BCUT2D eigenvalue weighted by atomic mass is 9.88. The van der Waals surface area contributed by atoms with Crippen molar-refractivity contribution in [1.29, 1.82) is 0 Å². The third-order valence-electron chi connectivity index (χ3n) is 6.47. The highest BCUT2D eigenvalue weighted by atomic mass is 16.2. The Kier molecular flexibility index (Phi) is 6.20. The van der Waals surface area contributed by atoms with E-state index in [-0.39, 0.29) is 0 Å². The fourth-order valence-electron chi connectivity index (χ4n) is 5.18. The molecule has 0 aromatic heterocycles. The molecule has 22 heavy (non-hydrogen) atoms. The Bertz CT molecular complexity index is 318. The minimum atomic E-state index is 0.505. The van der Waals surface area contributed by atoms with Gasteiger partial charge in [0.1, 0.15) is 0 Å². The number of carbonyl (C=O) groups excluding carboxylic acids is 1. The van der Waals surface area contributed by atoms with Crippen LogP contribution >= 0.6 is 0 Å². The number of amides is 1. The summed E-state index contributed by atoms with van der Waals surface area (Å²) in [5, 5.41) is 0. The minimum absolute atomic E-state index is 0.505. The normalized spacial score (nSPS) is 25.5. The van der Waals surface area contributed by atoms with Crippen molar-refractivity contribution in [1.82, 2.24) is 4.90 Å². The van der Waals surface area contributed by atoms with E-state index >= 15 is 0 Å². The monoisotopic (exact) mass is 305 g/mol. The molecule has 0 aliphatic heterocycles. The van der Waals surface area contributed by atoms with Crippen LogP contribution in [0.25, 0.3) is 0 Å². The van der Waals surface area contributed by atoms with Gasteiger partial charge in [0.2, 0.25) is 5.91 Å². The Morgan fingerprint density at radius 3 is 1.64 bits per heavy atom. The molecule has 0 saturated heterocycles. The zero-order valence-electron chi connectivity index (χ0n) is 14.4. The quantitative estimate of drug-likeness (QED) is 0.661. The second kappa shape index (κ2) is 8.36. The highest BCUT2D eigenvalue weighted by Crippen LogP contribution is 2.33. The molecule has 0 aromatic rings. The Labute approximate surface area is 137 Å². The number of rotatable bonds is 5. The first-order valence-electron chi connectivity index (χ1n) is 10.2. The maximum absolute atomic E-state index is 13.0. The van der Waals surface area contributed by atoms with Gasteiger partial charge in [-0.2, -0.15) is 0 Å². The molecule has 0 bridgehead atoms. The van der Waals surface area contributed by atoms with E-state index < -0.39 is 0 Å². The maximum atomic E-state index is 13.0. The highest BCUT2D eigenvalue weighted by molar-refractivity contribution is 5.77. The molecule has 0 heterocycles. The van der Waals surface area contributed by atoms with E-state index in [1.54, 1.807) is 0 Å². The smallest absolute Gasteiger partial charge is 0.223 e. The molecule has 3 saturated carbocycles. The first-order valence-corrected chi connectivity index (χ1v) is 10.2. The van der Waals surface area contributed by atoms with E-state index in [1.807, 2.05) is 0 Å². The number of nitrogens with zero attached hydrogens (tertiary/aromatic N) is 1. The van der Waals surface area contributed by atoms with Gasteiger partial charge in [-0.1, -0.05) is 64.2 Å². The van der Waals surface area contributed by atoms with Crippen LogP contribution in [0.5, 0.6) is 0 Å². The molecule has 1 amide bonds. The summed E-state index contributed by atoms with van der Waals surface area (Å²) in [6.45, 7) is 0. The Morgan fingerprint density at radius 1 is 0.682 bits per heavy atom. The molecular formula is C20H35NO. The van der Waals surface area contributed by atoms with Crippen molar-refractivity contribution in [3.63, 3.8) is 0 Å². The topological polar surface area (TPSA) is 20.3 Å². The van der Waals surface area contributed by atoms with Gasteiger partial charge in [-0.25, -0.2) is 0 Å². The SMILES string of the molecule is O=C(CCC1CCCC1)N(C1CCCCC1)C1CCCCC1. The van der Waals surface area contributed by atoms with E-state index in [4.69, 9.17) is 0 Å². The summed E-state index contributed by atoms with van der Waals surface area (Å²) < 4.78 is 0. The maximum Gasteiger partial charge on any atom is 0.223 e. The first kappa shape index (κ1) is 16.3. The van der Waals surface area contributed by atoms with E-state index in [2.05, 4.69) is 4.90 Å². The van der Waals surface area contributed by atoms with Crippen LogP contribution < -0.4 is 0 Å². The molecule has 0 unspecified atom stereocenters.